The summed E-state index contributed by atoms with van der Waals surface area (Å²) in [6.07, 6.45) is 0.430. The van der Waals surface area contributed by atoms with E-state index in [1.807, 2.05) is 12.1 Å². The first-order chi connectivity index (χ1) is 13.0. The number of fused-ring (bicyclic) bond motifs is 1. The summed E-state index contributed by atoms with van der Waals surface area (Å²) in [7, 11) is 0. The van der Waals surface area contributed by atoms with Gasteiger partial charge in [0.1, 0.15) is 17.7 Å². The molecule has 138 valence electrons. The molecular formula is C18H13ClF2N4OS. The van der Waals surface area contributed by atoms with Crippen LogP contribution in [-0.2, 0) is 0 Å². The number of aromatic nitrogens is 3. The maximum atomic E-state index is 13.7. The Balaban J connectivity index is 1.48. The Hall–Kier alpha value is -2.55. The van der Waals surface area contributed by atoms with Gasteiger partial charge in [0.15, 0.2) is 0 Å². The second-order valence-corrected chi connectivity index (χ2v) is 7.19. The molecular weight excluding hydrogens is 394 g/mol. The third kappa shape index (κ3) is 3.64. The first kappa shape index (κ1) is 17.8. The third-order valence-corrected chi connectivity index (χ3v) is 5.09. The quantitative estimate of drug-likeness (QED) is 0.511. The van der Waals surface area contributed by atoms with Gasteiger partial charge in [-0.3, -0.25) is 0 Å². The lowest BCUT2D eigenvalue weighted by Gasteiger charge is -2.13. The Morgan fingerprint density at radius 2 is 1.85 bits per heavy atom. The van der Waals surface area contributed by atoms with E-state index >= 15 is 0 Å². The number of aliphatic hydroxyl groups excluding tert-OH is 1. The zero-order valence-corrected chi connectivity index (χ0v) is 15.3. The Bertz CT molecular complexity index is 1040. The van der Waals surface area contributed by atoms with Gasteiger partial charge in [0.25, 0.3) is 0 Å². The highest BCUT2D eigenvalue weighted by Crippen LogP contribution is 2.26. The Morgan fingerprint density at radius 1 is 1.15 bits per heavy atom. The van der Waals surface area contributed by atoms with Gasteiger partial charge in [-0.2, -0.15) is 0 Å². The average Bonchev–Trinajstić information content (AvgIpc) is 3.19. The van der Waals surface area contributed by atoms with E-state index in [4.69, 9.17) is 11.6 Å². The Kier molecular flexibility index (Phi) is 4.77. The lowest BCUT2D eigenvalue weighted by molar-refractivity contribution is 0.181. The molecule has 0 aliphatic heterocycles. The summed E-state index contributed by atoms with van der Waals surface area (Å²) in [5.74, 6) is -1.57. The molecule has 0 saturated heterocycles. The van der Waals surface area contributed by atoms with Crippen LogP contribution in [0.15, 0.2) is 48.7 Å². The zero-order valence-electron chi connectivity index (χ0n) is 13.7. The molecule has 0 amide bonds. The van der Waals surface area contributed by atoms with E-state index in [0.29, 0.717) is 15.1 Å². The molecule has 4 aromatic rings. The van der Waals surface area contributed by atoms with Gasteiger partial charge in [-0.25, -0.2) is 18.3 Å². The first-order valence-electron chi connectivity index (χ1n) is 7.99. The van der Waals surface area contributed by atoms with Crippen molar-refractivity contribution in [1.82, 2.24) is 14.6 Å². The smallest absolute Gasteiger partial charge is 0.214 e. The highest BCUT2D eigenvalue weighted by Gasteiger charge is 2.18. The second kappa shape index (κ2) is 7.22. The van der Waals surface area contributed by atoms with Gasteiger partial charge >= 0.3 is 0 Å². The van der Waals surface area contributed by atoms with Gasteiger partial charge < -0.3 is 10.4 Å². The van der Waals surface area contributed by atoms with Gasteiger partial charge in [-0.1, -0.05) is 41.1 Å². The van der Waals surface area contributed by atoms with Crippen LogP contribution in [0.4, 0.5) is 13.9 Å². The van der Waals surface area contributed by atoms with E-state index < -0.39 is 17.7 Å². The predicted molar refractivity (Wildman–Crippen MR) is 101 cm³/mol. The van der Waals surface area contributed by atoms with Crippen LogP contribution in [0.1, 0.15) is 11.7 Å². The van der Waals surface area contributed by atoms with Crippen molar-refractivity contribution in [3.05, 3.63) is 70.9 Å². The standard InChI is InChI=1S/C18H13ClF2N4OS/c19-11-6-4-10(5-7-11)14-9-25-18(23-14)27-17(24-25)22-8-15(26)16-12(20)2-1-3-13(16)21/h1-7,9,15,26H,8H2,(H,22,24). The lowest BCUT2D eigenvalue weighted by atomic mass is 10.1. The van der Waals surface area contributed by atoms with Crippen LogP contribution in [0.5, 0.6) is 0 Å². The van der Waals surface area contributed by atoms with Crippen molar-refractivity contribution in [2.75, 3.05) is 11.9 Å². The average molecular weight is 407 g/mol. The van der Waals surface area contributed by atoms with E-state index in [2.05, 4.69) is 15.4 Å². The van der Waals surface area contributed by atoms with E-state index in [9.17, 15) is 13.9 Å². The van der Waals surface area contributed by atoms with E-state index in [0.717, 1.165) is 23.4 Å². The molecule has 0 spiro atoms. The Morgan fingerprint density at radius 3 is 2.52 bits per heavy atom. The normalized spacial score (nSPS) is 12.4. The summed E-state index contributed by atoms with van der Waals surface area (Å²) in [5.41, 5.74) is 1.30. The van der Waals surface area contributed by atoms with Crippen molar-refractivity contribution in [1.29, 1.82) is 0 Å². The van der Waals surface area contributed by atoms with E-state index in [1.165, 1.54) is 17.4 Å². The van der Waals surface area contributed by atoms with Gasteiger partial charge in [0.2, 0.25) is 10.1 Å². The third-order valence-electron chi connectivity index (χ3n) is 3.96. The number of aliphatic hydroxyl groups is 1. The van der Waals surface area contributed by atoms with Crippen LogP contribution in [0.2, 0.25) is 5.02 Å². The molecule has 2 heterocycles. The fraction of sp³-hybridized carbons (Fsp3) is 0.111. The van der Waals surface area contributed by atoms with Crippen LogP contribution < -0.4 is 5.32 Å². The van der Waals surface area contributed by atoms with Crippen LogP contribution in [0, 0.1) is 11.6 Å². The number of anilines is 1. The number of benzene rings is 2. The minimum Gasteiger partial charge on any atom is -0.386 e. The molecule has 9 heteroatoms. The largest absolute Gasteiger partial charge is 0.386 e. The molecule has 2 aromatic heterocycles. The summed E-state index contributed by atoms with van der Waals surface area (Å²) in [6.45, 7) is -0.0848. The van der Waals surface area contributed by atoms with Crippen LogP contribution in [0.25, 0.3) is 16.2 Å². The van der Waals surface area contributed by atoms with Crippen LogP contribution >= 0.6 is 22.9 Å². The molecule has 1 atom stereocenters. The summed E-state index contributed by atoms with van der Waals surface area (Å²) in [4.78, 5) is 5.15. The second-order valence-electron chi connectivity index (χ2n) is 5.80. The minimum absolute atomic E-state index is 0.0848. The molecule has 0 aliphatic carbocycles. The number of halogens is 3. The van der Waals surface area contributed by atoms with E-state index in [-0.39, 0.29) is 12.1 Å². The number of imidazole rings is 1. The van der Waals surface area contributed by atoms with Crippen molar-refractivity contribution >= 4 is 33.0 Å². The van der Waals surface area contributed by atoms with Gasteiger partial charge in [0, 0.05) is 17.1 Å². The molecule has 2 N–H and O–H groups in total. The highest BCUT2D eigenvalue weighted by molar-refractivity contribution is 7.20. The molecule has 0 bridgehead atoms. The number of nitrogens with one attached hydrogen (secondary N) is 1. The maximum absolute atomic E-state index is 13.7. The van der Waals surface area contributed by atoms with Crippen molar-refractivity contribution < 1.29 is 13.9 Å². The lowest BCUT2D eigenvalue weighted by Crippen LogP contribution is -2.15. The van der Waals surface area contributed by atoms with Crippen molar-refractivity contribution in [3.63, 3.8) is 0 Å². The zero-order chi connectivity index (χ0) is 19.0. The number of nitrogens with zero attached hydrogens (tertiary/aromatic N) is 3. The predicted octanol–water partition coefficient (Wildman–Crippen LogP) is 4.53. The molecule has 2 aromatic carbocycles. The fourth-order valence-corrected chi connectivity index (χ4v) is 3.56. The van der Waals surface area contributed by atoms with Gasteiger partial charge in [0.05, 0.1) is 17.5 Å². The number of hydrogen-bond donors (Lipinski definition) is 2. The molecule has 0 fully saturated rings. The SMILES string of the molecule is OC(CNc1nn2cc(-c3ccc(Cl)cc3)nc2s1)c1c(F)cccc1F. The molecule has 0 radical (unpaired) electrons. The summed E-state index contributed by atoms with van der Waals surface area (Å²) >= 11 is 7.16. The molecule has 27 heavy (non-hydrogen) atoms. The highest BCUT2D eigenvalue weighted by atomic mass is 35.5. The van der Waals surface area contributed by atoms with Crippen molar-refractivity contribution in [2.24, 2.45) is 0 Å². The maximum Gasteiger partial charge on any atom is 0.214 e. The number of hydrogen-bond acceptors (Lipinski definition) is 5. The number of rotatable bonds is 5. The Labute approximate surface area is 161 Å². The van der Waals surface area contributed by atoms with E-state index in [1.54, 1.807) is 22.8 Å². The molecule has 4 rings (SSSR count). The minimum atomic E-state index is -1.34. The fourth-order valence-electron chi connectivity index (χ4n) is 2.65. The molecule has 0 saturated carbocycles. The van der Waals surface area contributed by atoms with Crippen LogP contribution in [-0.4, -0.2) is 26.2 Å². The first-order valence-corrected chi connectivity index (χ1v) is 9.19. The van der Waals surface area contributed by atoms with Gasteiger partial charge in [-0.05, 0) is 24.3 Å². The van der Waals surface area contributed by atoms with Gasteiger partial charge in [-0.15, -0.1) is 5.10 Å². The summed E-state index contributed by atoms with van der Waals surface area (Å²) < 4.78 is 29.0. The summed E-state index contributed by atoms with van der Waals surface area (Å²) in [6, 6.07) is 10.8. The van der Waals surface area contributed by atoms with Crippen LogP contribution in [0.3, 0.4) is 0 Å². The van der Waals surface area contributed by atoms with Crippen molar-refractivity contribution in [2.45, 2.75) is 6.10 Å². The molecule has 5 nitrogen and oxygen atoms in total. The molecule has 0 aliphatic rings. The summed E-state index contributed by atoms with van der Waals surface area (Å²) in [5, 5.41) is 18.4. The molecule has 1 unspecified atom stereocenters. The van der Waals surface area contributed by atoms with Crippen molar-refractivity contribution in [3.8, 4) is 11.3 Å². The monoisotopic (exact) mass is 406 g/mol. The topological polar surface area (TPSA) is 62.5 Å².